The highest BCUT2D eigenvalue weighted by Gasteiger charge is 2.13. The Morgan fingerprint density at radius 3 is 2.35 bits per heavy atom. The van der Waals surface area contributed by atoms with Crippen LogP contribution in [0.15, 0.2) is 52.0 Å². The molecule has 0 unspecified atom stereocenters. The molecule has 26 heavy (non-hydrogen) atoms. The van der Waals surface area contributed by atoms with Crippen molar-refractivity contribution in [2.24, 2.45) is 5.10 Å². The fourth-order valence-corrected chi connectivity index (χ4v) is 2.49. The van der Waals surface area contributed by atoms with Gasteiger partial charge in [0.2, 0.25) is 5.75 Å². The zero-order valence-corrected chi connectivity index (χ0v) is 14.6. The molecule has 7 nitrogen and oxygen atoms in total. The summed E-state index contributed by atoms with van der Waals surface area (Å²) in [5.74, 6) is 1.23. The Balaban J connectivity index is 1.76. The molecule has 3 aromatic rings. The molecule has 0 aliphatic carbocycles. The molecule has 7 heteroatoms. The van der Waals surface area contributed by atoms with E-state index in [0.717, 1.165) is 5.39 Å². The van der Waals surface area contributed by atoms with Gasteiger partial charge < -0.3 is 18.6 Å². The fraction of sp³-hybridized carbons (Fsp3) is 0.158. The van der Waals surface area contributed by atoms with E-state index in [2.05, 4.69) is 10.5 Å². The van der Waals surface area contributed by atoms with Gasteiger partial charge in [0.1, 0.15) is 5.58 Å². The molecule has 0 spiro atoms. The molecule has 2 aromatic carbocycles. The number of carbonyl (C=O) groups is 1. The van der Waals surface area contributed by atoms with E-state index in [1.54, 1.807) is 24.3 Å². The number of amides is 1. The number of furan rings is 1. The van der Waals surface area contributed by atoms with Crippen LogP contribution in [0.5, 0.6) is 17.2 Å². The highest BCUT2D eigenvalue weighted by atomic mass is 16.5. The lowest BCUT2D eigenvalue weighted by atomic mass is 10.2. The molecule has 3 rings (SSSR count). The molecular weight excluding hydrogens is 336 g/mol. The molecule has 0 aliphatic rings. The van der Waals surface area contributed by atoms with Gasteiger partial charge in [0.25, 0.3) is 0 Å². The van der Waals surface area contributed by atoms with E-state index < -0.39 is 5.91 Å². The fourth-order valence-electron chi connectivity index (χ4n) is 2.49. The van der Waals surface area contributed by atoms with Crippen LogP contribution in [-0.2, 0) is 0 Å². The van der Waals surface area contributed by atoms with E-state index in [1.165, 1.54) is 27.5 Å². The molecule has 1 heterocycles. The maximum atomic E-state index is 12.2. The van der Waals surface area contributed by atoms with Gasteiger partial charge in [-0.15, -0.1) is 0 Å². The average molecular weight is 354 g/mol. The molecule has 1 amide bonds. The van der Waals surface area contributed by atoms with Gasteiger partial charge in [-0.2, -0.15) is 5.10 Å². The van der Waals surface area contributed by atoms with Crippen molar-refractivity contribution in [1.29, 1.82) is 0 Å². The number of nitrogens with zero attached hydrogens (tertiary/aromatic N) is 1. The Morgan fingerprint density at radius 1 is 1.04 bits per heavy atom. The van der Waals surface area contributed by atoms with Crippen LogP contribution in [0.25, 0.3) is 11.0 Å². The molecule has 1 aromatic heterocycles. The van der Waals surface area contributed by atoms with Gasteiger partial charge in [-0.1, -0.05) is 18.2 Å². The summed E-state index contributed by atoms with van der Waals surface area (Å²) < 4.78 is 21.3. The highest BCUT2D eigenvalue weighted by molar-refractivity contribution is 5.96. The minimum atomic E-state index is -0.440. The van der Waals surface area contributed by atoms with Crippen LogP contribution in [-0.4, -0.2) is 33.5 Å². The first-order valence-electron chi connectivity index (χ1n) is 7.78. The maximum absolute atomic E-state index is 12.2. The summed E-state index contributed by atoms with van der Waals surface area (Å²) in [6.45, 7) is 0. The number of benzene rings is 2. The van der Waals surface area contributed by atoms with Gasteiger partial charge in [-0.05, 0) is 24.3 Å². The van der Waals surface area contributed by atoms with Crippen LogP contribution in [0.1, 0.15) is 16.1 Å². The Morgan fingerprint density at radius 2 is 1.73 bits per heavy atom. The van der Waals surface area contributed by atoms with Gasteiger partial charge in [-0.25, -0.2) is 5.43 Å². The number of hydrazone groups is 1. The zero-order chi connectivity index (χ0) is 18.5. The molecule has 0 saturated heterocycles. The summed E-state index contributed by atoms with van der Waals surface area (Å²) in [4.78, 5) is 12.2. The highest BCUT2D eigenvalue weighted by Crippen LogP contribution is 2.37. The van der Waals surface area contributed by atoms with E-state index in [9.17, 15) is 4.79 Å². The number of carbonyl (C=O) groups excluding carboxylic acids is 1. The number of rotatable bonds is 6. The molecule has 0 aliphatic heterocycles. The number of para-hydroxylation sites is 1. The molecule has 0 bridgehead atoms. The third-order valence-electron chi connectivity index (χ3n) is 3.72. The van der Waals surface area contributed by atoms with Gasteiger partial charge >= 0.3 is 5.91 Å². The number of hydrogen-bond donors (Lipinski definition) is 1. The van der Waals surface area contributed by atoms with Crippen LogP contribution < -0.4 is 19.6 Å². The quantitative estimate of drug-likeness (QED) is 0.543. The first kappa shape index (κ1) is 17.3. The Kier molecular flexibility index (Phi) is 5.07. The van der Waals surface area contributed by atoms with E-state index in [4.69, 9.17) is 18.6 Å². The van der Waals surface area contributed by atoms with E-state index >= 15 is 0 Å². The standard InChI is InChI=1S/C19H18N2O5/c1-23-15-8-12(9-16(24-2)18(15)25-3)11-20-21-19(22)17-10-13-6-4-5-7-14(13)26-17/h4-11H,1-3H3,(H,21,22)/b20-11+. The molecule has 1 N–H and O–H groups in total. The lowest BCUT2D eigenvalue weighted by Crippen LogP contribution is -2.16. The number of methoxy groups -OCH3 is 3. The summed E-state index contributed by atoms with van der Waals surface area (Å²) in [7, 11) is 4.59. The van der Waals surface area contributed by atoms with Crippen molar-refractivity contribution in [3.05, 3.63) is 53.8 Å². The first-order valence-corrected chi connectivity index (χ1v) is 7.78. The third kappa shape index (κ3) is 3.46. The van der Waals surface area contributed by atoms with Crippen LogP contribution in [0, 0.1) is 0 Å². The van der Waals surface area contributed by atoms with Crippen molar-refractivity contribution in [2.75, 3.05) is 21.3 Å². The molecule has 0 radical (unpaired) electrons. The van der Waals surface area contributed by atoms with Crippen molar-refractivity contribution in [3.63, 3.8) is 0 Å². The van der Waals surface area contributed by atoms with Crippen molar-refractivity contribution in [1.82, 2.24) is 5.43 Å². The molecule has 0 atom stereocenters. The van der Waals surface area contributed by atoms with E-state index in [-0.39, 0.29) is 5.76 Å². The predicted octanol–water partition coefficient (Wildman–Crippen LogP) is 3.22. The number of hydrogen-bond acceptors (Lipinski definition) is 6. The summed E-state index contributed by atoms with van der Waals surface area (Å²) in [5.41, 5.74) is 3.75. The average Bonchev–Trinajstić information content (AvgIpc) is 3.11. The van der Waals surface area contributed by atoms with Gasteiger partial charge in [-0.3, -0.25) is 4.79 Å². The molecule has 0 fully saturated rings. The summed E-state index contributed by atoms with van der Waals surface area (Å²) >= 11 is 0. The molecule has 134 valence electrons. The predicted molar refractivity (Wildman–Crippen MR) is 97.4 cm³/mol. The number of fused-ring (bicyclic) bond motifs is 1. The van der Waals surface area contributed by atoms with E-state index in [1.807, 2.05) is 18.2 Å². The second kappa shape index (κ2) is 7.60. The third-order valence-corrected chi connectivity index (χ3v) is 3.72. The first-order chi connectivity index (χ1) is 12.7. The number of ether oxygens (including phenoxy) is 3. The van der Waals surface area contributed by atoms with E-state index in [0.29, 0.717) is 28.4 Å². The van der Waals surface area contributed by atoms with Crippen molar-refractivity contribution in [3.8, 4) is 17.2 Å². The topological polar surface area (TPSA) is 82.3 Å². The SMILES string of the molecule is COc1cc(/C=N/NC(=O)c2cc3ccccc3o2)cc(OC)c1OC. The van der Waals surface area contributed by atoms with Crippen LogP contribution >= 0.6 is 0 Å². The van der Waals surface area contributed by atoms with Crippen LogP contribution in [0.4, 0.5) is 0 Å². The second-order valence-electron chi connectivity index (χ2n) is 5.31. The van der Waals surface area contributed by atoms with Gasteiger partial charge in [0.05, 0.1) is 27.5 Å². The Labute approximate surface area is 150 Å². The lowest BCUT2D eigenvalue weighted by molar-refractivity contribution is 0.0929. The lowest BCUT2D eigenvalue weighted by Gasteiger charge is -2.12. The van der Waals surface area contributed by atoms with Crippen molar-refractivity contribution in [2.45, 2.75) is 0 Å². The van der Waals surface area contributed by atoms with Crippen LogP contribution in [0.3, 0.4) is 0 Å². The monoisotopic (exact) mass is 354 g/mol. The van der Waals surface area contributed by atoms with Crippen molar-refractivity contribution < 1.29 is 23.4 Å². The largest absolute Gasteiger partial charge is 0.493 e. The van der Waals surface area contributed by atoms with Gasteiger partial charge in [0.15, 0.2) is 17.3 Å². The van der Waals surface area contributed by atoms with Crippen molar-refractivity contribution >= 4 is 23.1 Å². The summed E-state index contributed by atoms with van der Waals surface area (Å²) in [5, 5.41) is 4.81. The summed E-state index contributed by atoms with van der Waals surface area (Å²) in [6, 6.07) is 12.5. The Bertz CT molecular complexity index is 903. The second-order valence-corrected chi connectivity index (χ2v) is 5.31. The minimum absolute atomic E-state index is 0.188. The minimum Gasteiger partial charge on any atom is -0.493 e. The summed E-state index contributed by atoms with van der Waals surface area (Å²) in [6.07, 6.45) is 1.48. The molecular formula is C19H18N2O5. The maximum Gasteiger partial charge on any atom is 0.307 e. The zero-order valence-electron chi connectivity index (χ0n) is 14.6. The number of nitrogens with one attached hydrogen (secondary N) is 1. The molecule has 0 saturated carbocycles. The van der Waals surface area contributed by atoms with Gasteiger partial charge in [0, 0.05) is 10.9 Å². The Hall–Kier alpha value is -3.48. The smallest absolute Gasteiger partial charge is 0.307 e. The van der Waals surface area contributed by atoms with Crippen LogP contribution in [0.2, 0.25) is 0 Å². The normalized spacial score (nSPS) is 10.9.